The predicted octanol–water partition coefficient (Wildman–Crippen LogP) is 2.78. The van der Waals surface area contributed by atoms with E-state index in [0.717, 1.165) is 5.57 Å². The van der Waals surface area contributed by atoms with E-state index in [0.29, 0.717) is 29.6 Å². The van der Waals surface area contributed by atoms with Gasteiger partial charge in [-0.15, -0.1) is 10.2 Å². The Morgan fingerprint density at radius 3 is 2.59 bits per heavy atom. The number of benzene rings is 1. The van der Waals surface area contributed by atoms with Crippen LogP contribution in [-0.4, -0.2) is 51.1 Å². The largest absolute Gasteiger partial charge is 0.435 e. The first-order chi connectivity index (χ1) is 12.8. The first kappa shape index (κ1) is 20.7. The maximum absolute atomic E-state index is 12.3. The molecule has 2 aromatic rings. The van der Waals surface area contributed by atoms with Gasteiger partial charge in [0.1, 0.15) is 5.75 Å². The van der Waals surface area contributed by atoms with Gasteiger partial charge in [0, 0.05) is 18.7 Å². The Balaban J connectivity index is 2.04. The van der Waals surface area contributed by atoms with Gasteiger partial charge in [-0.3, -0.25) is 4.79 Å². The van der Waals surface area contributed by atoms with Crippen LogP contribution in [0.3, 0.4) is 0 Å². The van der Waals surface area contributed by atoms with E-state index in [-0.39, 0.29) is 17.4 Å². The molecule has 0 atom stereocenters. The molecule has 0 aliphatic heterocycles. The Morgan fingerprint density at radius 2 is 2.04 bits per heavy atom. The van der Waals surface area contributed by atoms with Crippen molar-refractivity contribution in [2.75, 3.05) is 24.7 Å². The monoisotopic (exact) mass is 397 g/mol. The normalized spacial score (nSPS) is 10.9. The second-order valence-electron chi connectivity index (χ2n) is 5.73. The molecule has 2 N–H and O–H groups in total. The third-order valence-corrected chi connectivity index (χ3v) is 4.45. The molecule has 0 unspecified atom stereocenters. The van der Waals surface area contributed by atoms with Crippen LogP contribution in [0.15, 0.2) is 41.6 Å². The van der Waals surface area contributed by atoms with Crippen molar-refractivity contribution in [3.8, 4) is 17.1 Å². The Hall–Kier alpha value is -2.62. The standard InChI is InChI=1S/C17H21F2N5O2S/c1-4-23(9-11(2)3)14(25)10-27-17-22-21-15(24(17)20)12-5-7-13(8-6-12)26-16(18)19/h5-8,16H,2,4,9-10,20H2,1,3H3. The molecule has 2 rings (SSSR count). The molecule has 146 valence electrons. The number of alkyl halides is 2. The zero-order valence-electron chi connectivity index (χ0n) is 15.1. The molecule has 1 amide bonds. The van der Waals surface area contributed by atoms with Crippen molar-refractivity contribution in [3.63, 3.8) is 0 Å². The van der Waals surface area contributed by atoms with Gasteiger partial charge < -0.3 is 15.5 Å². The lowest BCUT2D eigenvalue weighted by molar-refractivity contribution is -0.127. The second-order valence-corrected chi connectivity index (χ2v) is 6.68. The second kappa shape index (κ2) is 9.36. The molecule has 0 bridgehead atoms. The van der Waals surface area contributed by atoms with Crippen LogP contribution in [0.25, 0.3) is 11.4 Å². The van der Waals surface area contributed by atoms with E-state index in [1.165, 1.54) is 28.6 Å². The summed E-state index contributed by atoms with van der Waals surface area (Å²) in [5.41, 5.74) is 1.49. The number of rotatable bonds is 9. The number of nitrogens with zero attached hydrogens (tertiary/aromatic N) is 4. The van der Waals surface area contributed by atoms with Gasteiger partial charge in [0.05, 0.1) is 5.75 Å². The van der Waals surface area contributed by atoms with Crippen LogP contribution in [0.1, 0.15) is 13.8 Å². The number of amides is 1. The molecule has 10 heteroatoms. The van der Waals surface area contributed by atoms with Crippen molar-refractivity contribution in [2.45, 2.75) is 25.6 Å². The summed E-state index contributed by atoms with van der Waals surface area (Å²) in [6, 6.07) is 5.89. The highest BCUT2D eigenvalue weighted by Crippen LogP contribution is 2.24. The first-order valence-corrected chi connectivity index (χ1v) is 9.11. The number of nitrogen functional groups attached to an aromatic ring is 1. The highest BCUT2D eigenvalue weighted by atomic mass is 32.2. The predicted molar refractivity (Wildman–Crippen MR) is 100 cm³/mol. The van der Waals surface area contributed by atoms with Gasteiger partial charge in [0.25, 0.3) is 0 Å². The number of carbonyl (C=O) groups is 1. The minimum Gasteiger partial charge on any atom is -0.435 e. The van der Waals surface area contributed by atoms with E-state index in [9.17, 15) is 13.6 Å². The van der Waals surface area contributed by atoms with Crippen LogP contribution in [0.2, 0.25) is 0 Å². The molecule has 0 aliphatic carbocycles. The number of ether oxygens (including phenoxy) is 1. The van der Waals surface area contributed by atoms with E-state index in [1.54, 1.807) is 17.0 Å². The third kappa shape index (κ3) is 5.68. The van der Waals surface area contributed by atoms with E-state index in [4.69, 9.17) is 5.84 Å². The van der Waals surface area contributed by atoms with Crippen molar-refractivity contribution >= 4 is 17.7 Å². The van der Waals surface area contributed by atoms with Crippen LogP contribution >= 0.6 is 11.8 Å². The third-order valence-electron chi connectivity index (χ3n) is 3.52. The molecule has 27 heavy (non-hydrogen) atoms. The quantitative estimate of drug-likeness (QED) is 0.398. The molecule has 1 heterocycles. The molecule has 7 nitrogen and oxygen atoms in total. The summed E-state index contributed by atoms with van der Waals surface area (Å²) in [4.78, 5) is 14.0. The number of aromatic nitrogens is 3. The zero-order chi connectivity index (χ0) is 20.0. The van der Waals surface area contributed by atoms with Gasteiger partial charge in [0.15, 0.2) is 5.82 Å². The Morgan fingerprint density at radius 1 is 1.37 bits per heavy atom. The SMILES string of the molecule is C=C(C)CN(CC)C(=O)CSc1nnc(-c2ccc(OC(F)F)cc2)n1N. The maximum Gasteiger partial charge on any atom is 0.387 e. The van der Waals surface area contributed by atoms with Crippen LogP contribution in [-0.2, 0) is 4.79 Å². The van der Waals surface area contributed by atoms with Crippen molar-refractivity contribution in [3.05, 3.63) is 36.4 Å². The minimum atomic E-state index is -2.89. The summed E-state index contributed by atoms with van der Waals surface area (Å²) in [5.74, 6) is 6.51. The number of likely N-dealkylation sites (N-methyl/N-ethyl adjacent to an activating group) is 1. The number of carbonyl (C=O) groups excluding carboxylic acids is 1. The lowest BCUT2D eigenvalue weighted by Gasteiger charge is -2.20. The zero-order valence-corrected chi connectivity index (χ0v) is 15.9. The summed E-state index contributed by atoms with van der Waals surface area (Å²) in [6.07, 6.45) is 0. The molecular formula is C17H21F2N5O2S. The molecule has 0 aliphatic rings. The van der Waals surface area contributed by atoms with Crippen LogP contribution < -0.4 is 10.6 Å². The maximum atomic E-state index is 12.3. The molecule has 0 radical (unpaired) electrons. The fourth-order valence-corrected chi connectivity index (χ4v) is 3.04. The van der Waals surface area contributed by atoms with Crippen molar-refractivity contribution in [1.29, 1.82) is 0 Å². The van der Waals surface area contributed by atoms with Gasteiger partial charge in [-0.05, 0) is 38.1 Å². The van der Waals surface area contributed by atoms with Crippen LogP contribution in [0.4, 0.5) is 8.78 Å². The smallest absolute Gasteiger partial charge is 0.387 e. The molecular weight excluding hydrogens is 376 g/mol. The summed E-state index contributed by atoms with van der Waals surface area (Å²) >= 11 is 1.17. The average molecular weight is 397 g/mol. The fourth-order valence-electron chi connectivity index (χ4n) is 2.28. The number of nitrogens with two attached hydrogens (primary N) is 1. The molecule has 0 fully saturated rings. The highest BCUT2D eigenvalue weighted by Gasteiger charge is 2.17. The van der Waals surface area contributed by atoms with Gasteiger partial charge in [0.2, 0.25) is 11.1 Å². The molecule has 1 aromatic carbocycles. The molecule has 0 saturated heterocycles. The lowest BCUT2D eigenvalue weighted by atomic mass is 10.2. The summed E-state index contributed by atoms with van der Waals surface area (Å²) in [6.45, 7) is 5.78. The van der Waals surface area contributed by atoms with Crippen molar-refractivity contribution in [1.82, 2.24) is 19.8 Å². The van der Waals surface area contributed by atoms with Crippen LogP contribution in [0.5, 0.6) is 5.75 Å². The fraction of sp³-hybridized carbons (Fsp3) is 0.353. The molecule has 0 saturated carbocycles. The minimum absolute atomic E-state index is 0.0363. The van der Waals surface area contributed by atoms with E-state index in [1.807, 2.05) is 13.8 Å². The molecule has 1 aromatic heterocycles. The topological polar surface area (TPSA) is 86.3 Å². The van der Waals surface area contributed by atoms with E-state index >= 15 is 0 Å². The lowest BCUT2D eigenvalue weighted by Crippen LogP contribution is -2.33. The van der Waals surface area contributed by atoms with E-state index < -0.39 is 6.61 Å². The number of thioether (sulfide) groups is 1. The van der Waals surface area contributed by atoms with Crippen molar-refractivity contribution < 1.29 is 18.3 Å². The van der Waals surface area contributed by atoms with Crippen molar-refractivity contribution in [2.24, 2.45) is 0 Å². The van der Waals surface area contributed by atoms with Gasteiger partial charge in [-0.2, -0.15) is 8.78 Å². The molecule has 0 spiro atoms. The van der Waals surface area contributed by atoms with Gasteiger partial charge in [-0.25, -0.2) is 4.68 Å². The van der Waals surface area contributed by atoms with Gasteiger partial charge >= 0.3 is 6.61 Å². The summed E-state index contributed by atoms with van der Waals surface area (Å²) in [7, 11) is 0. The first-order valence-electron chi connectivity index (χ1n) is 8.12. The van der Waals surface area contributed by atoms with Crippen LogP contribution in [0, 0.1) is 0 Å². The van der Waals surface area contributed by atoms with E-state index in [2.05, 4.69) is 21.5 Å². The number of hydrogen-bond donors (Lipinski definition) is 1. The van der Waals surface area contributed by atoms with Gasteiger partial charge in [-0.1, -0.05) is 23.9 Å². The average Bonchev–Trinajstić information content (AvgIpc) is 2.98. The Bertz CT molecular complexity index is 795. The Labute approximate surface area is 160 Å². The number of halogens is 2. The Kier molecular flexibility index (Phi) is 7.17. The number of hydrogen-bond acceptors (Lipinski definition) is 6. The summed E-state index contributed by atoms with van der Waals surface area (Å²) in [5, 5.41) is 8.37. The highest BCUT2D eigenvalue weighted by molar-refractivity contribution is 7.99. The summed E-state index contributed by atoms with van der Waals surface area (Å²) < 4.78 is 30.0.